The molecular weight excluding hydrogens is 231 g/mol. The first-order valence-electron chi connectivity index (χ1n) is 4.94. The molecule has 0 saturated carbocycles. The zero-order chi connectivity index (χ0) is 12.1. The topological polar surface area (TPSA) is 41.1 Å². The maximum Gasteiger partial charge on any atom is 0.236 e. The van der Waals surface area contributed by atoms with Gasteiger partial charge in [0, 0.05) is 24.2 Å². The predicted molar refractivity (Wildman–Crippen MR) is 61.8 cm³/mol. The standard InChI is InChI=1S/C11H14ClFN2O/c1-7(11(16)14-2)15-6-8-9(12)4-3-5-10(8)13/h3-5,7,15H,6H2,1-2H3,(H,14,16). The maximum atomic E-state index is 13.4. The van der Waals surface area contributed by atoms with Crippen molar-refractivity contribution in [3.05, 3.63) is 34.6 Å². The third-order valence-electron chi connectivity index (χ3n) is 2.29. The van der Waals surface area contributed by atoms with Crippen molar-refractivity contribution >= 4 is 17.5 Å². The van der Waals surface area contributed by atoms with E-state index in [0.717, 1.165) is 0 Å². The van der Waals surface area contributed by atoms with Crippen molar-refractivity contribution in [3.63, 3.8) is 0 Å². The van der Waals surface area contributed by atoms with Gasteiger partial charge >= 0.3 is 0 Å². The molecule has 1 amide bonds. The van der Waals surface area contributed by atoms with Crippen LogP contribution in [0.1, 0.15) is 12.5 Å². The van der Waals surface area contributed by atoms with E-state index in [4.69, 9.17) is 11.6 Å². The van der Waals surface area contributed by atoms with Gasteiger partial charge in [-0.2, -0.15) is 0 Å². The van der Waals surface area contributed by atoms with Crippen molar-refractivity contribution < 1.29 is 9.18 Å². The zero-order valence-corrected chi connectivity index (χ0v) is 9.94. The first-order valence-corrected chi connectivity index (χ1v) is 5.32. The summed E-state index contributed by atoms with van der Waals surface area (Å²) in [5, 5.41) is 5.75. The van der Waals surface area contributed by atoms with Gasteiger partial charge < -0.3 is 10.6 Å². The Morgan fingerprint density at radius 2 is 2.25 bits per heavy atom. The van der Waals surface area contributed by atoms with Gasteiger partial charge in [-0.1, -0.05) is 17.7 Å². The normalized spacial score (nSPS) is 12.2. The summed E-state index contributed by atoms with van der Waals surface area (Å²) >= 11 is 5.85. The molecule has 0 saturated heterocycles. The number of halogens is 2. The summed E-state index contributed by atoms with van der Waals surface area (Å²) in [5.41, 5.74) is 0.375. The minimum Gasteiger partial charge on any atom is -0.358 e. The minimum absolute atomic E-state index is 0.146. The highest BCUT2D eigenvalue weighted by Gasteiger charge is 2.12. The van der Waals surface area contributed by atoms with Crippen LogP contribution in [0.25, 0.3) is 0 Å². The number of amides is 1. The molecule has 0 radical (unpaired) electrons. The number of hydrogen-bond donors (Lipinski definition) is 2. The molecule has 0 bridgehead atoms. The van der Waals surface area contributed by atoms with Crippen molar-refractivity contribution in [1.29, 1.82) is 0 Å². The zero-order valence-electron chi connectivity index (χ0n) is 9.18. The molecule has 1 aromatic carbocycles. The number of nitrogens with one attached hydrogen (secondary N) is 2. The van der Waals surface area contributed by atoms with E-state index < -0.39 is 0 Å². The third-order valence-corrected chi connectivity index (χ3v) is 2.64. The first-order chi connectivity index (χ1) is 7.56. The molecular formula is C11H14ClFN2O. The molecule has 2 N–H and O–H groups in total. The van der Waals surface area contributed by atoms with Crippen molar-refractivity contribution in [2.24, 2.45) is 0 Å². The average molecular weight is 245 g/mol. The Morgan fingerprint density at radius 1 is 1.56 bits per heavy atom. The summed E-state index contributed by atoms with van der Waals surface area (Å²) in [6.45, 7) is 1.92. The number of hydrogen-bond acceptors (Lipinski definition) is 2. The molecule has 16 heavy (non-hydrogen) atoms. The van der Waals surface area contributed by atoms with Gasteiger partial charge in [-0.15, -0.1) is 0 Å². The van der Waals surface area contributed by atoms with Crippen LogP contribution >= 0.6 is 11.6 Å². The molecule has 0 heterocycles. The van der Waals surface area contributed by atoms with Crippen LogP contribution in [-0.2, 0) is 11.3 Å². The van der Waals surface area contributed by atoms with Crippen LogP contribution in [0.5, 0.6) is 0 Å². The van der Waals surface area contributed by atoms with Gasteiger partial charge in [0.2, 0.25) is 5.91 Å². The van der Waals surface area contributed by atoms with Crippen LogP contribution < -0.4 is 10.6 Å². The molecule has 0 aliphatic heterocycles. The summed E-state index contributed by atoms with van der Waals surface area (Å²) in [7, 11) is 1.55. The highest BCUT2D eigenvalue weighted by molar-refractivity contribution is 6.31. The molecule has 0 aliphatic carbocycles. The lowest BCUT2D eigenvalue weighted by molar-refractivity contribution is -0.122. The molecule has 0 aromatic heterocycles. The molecule has 5 heteroatoms. The second-order valence-electron chi connectivity index (χ2n) is 3.42. The van der Waals surface area contributed by atoms with Gasteiger partial charge in [-0.25, -0.2) is 4.39 Å². The molecule has 0 fully saturated rings. The fourth-order valence-corrected chi connectivity index (χ4v) is 1.50. The minimum atomic E-state index is -0.388. The second kappa shape index (κ2) is 5.82. The predicted octanol–water partition coefficient (Wildman–Crippen LogP) is 1.70. The van der Waals surface area contributed by atoms with Gasteiger partial charge in [0.1, 0.15) is 5.82 Å². The number of benzene rings is 1. The van der Waals surface area contributed by atoms with Crippen LogP contribution in [0.15, 0.2) is 18.2 Å². The van der Waals surface area contributed by atoms with Crippen LogP contribution in [0, 0.1) is 5.82 Å². The van der Waals surface area contributed by atoms with E-state index in [-0.39, 0.29) is 24.3 Å². The van der Waals surface area contributed by atoms with E-state index in [0.29, 0.717) is 10.6 Å². The molecule has 1 rings (SSSR count). The van der Waals surface area contributed by atoms with Gasteiger partial charge in [-0.3, -0.25) is 4.79 Å². The van der Waals surface area contributed by atoms with E-state index >= 15 is 0 Å². The Bertz CT molecular complexity index is 364. The highest BCUT2D eigenvalue weighted by Crippen LogP contribution is 2.18. The SMILES string of the molecule is CNC(=O)C(C)NCc1c(F)cccc1Cl. The molecule has 0 aliphatic rings. The first kappa shape index (κ1) is 12.9. The lowest BCUT2D eigenvalue weighted by Gasteiger charge is -2.13. The van der Waals surface area contributed by atoms with Crippen molar-refractivity contribution in [1.82, 2.24) is 10.6 Å². The Hall–Kier alpha value is -1.13. The van der Waals surface area contributed by atoms with E-state index in [1.165, 1.54) is 6.07 Å². The van der Waals surface area contributed by atoms with E-state index in [1.54, 1.807) is 26.1 Å². The Morgan fingerprint density at radius 3 is 2.81 bits per heavy atom. The molecule has 0 spiro atoms. The quantitative estimate of drug-likeness (QED) is 0.847. The van der Waals surface area contributed by atoms with E-state index in [2.05, 4.69) is 10.6 Å². The largest absolute Gasteiger partial charge is 0.358 e. The lowest BCUT2D eigenvalue weighted by atomic mass is 10.2. The van der Waals surface area contributed by atoms with Gasteiger partial charge in [0.25, 0.3) is 0 Å². The van der Waals surface area contributed by atoms with Crippen LogP contribution in [0.2, 0.25) is 5.02 Å². The fraction of sp³-hybridized carbons (Fsp3) is 0.364. The summed E-state index contributed by atoms with van der Waals surface area (Å²) in [6.07, 6.45) is 0. The van der Waals surface area contributed by atoms with Gasteiger partial charge in [0.05, 0.1) is 6.04 Å². The fourth-order valence-electron chi connectivity index (χ4n) is 1.27. The number of carbonyl (C=O) groups excluding carboxylic acids is 1. The monoisotopic (exact) mass is 244 g/mol. The summed E-state index contributed by atoms with van der Waals surface area (Å²) in [6, 6.07) is 4.11. The van der Waals surface area contributed by atoms with E-state index in [1.807, 2.05) is 0 Å². The Balaban J connectivity index is 2.64. The van der Waals surface area contributed by atoms with Crippen molar-refractivity contribution in [2.45, 2.75) is 19.5 Å². The molecule has 1 atom stereocenters. The summed E-state index contributed by atoms with van der Waals surface area (Å²) in [4.78, 5) is 11.2. The van der Waals surface area contributed by atoms with Gasteiger partial charge in [-0.05, 0) is 19.1 Å². The van der Waals surface area contributed by atoms with Crippen LogP contribution in [0.3, 0.4) is 0 Å². The third kappa shape index (κ3) is 3.18. The molecule has 1 aromatic rings. The summed E-state index contributed by atoms with van der Waals surface area (Å²) < 4.78 is 13.4. The Kier molecular flexibility index (Phi) is 4.71. The average Bonchev–Trinajstić information content (AvgIpc) is 2.27. The highest BCUT2D eigenvalue weighted by atomic mass is 35.5. The number of likely N-dealkylation sites (N-methyl/N-ethyl adjacent to an activating group) is 1. The van der Waals surface area contributed by atoms with Crippen LogP contribution in [-0.4, -0.2) is 19.0 Å². The lowest BCUT2D eigenvalue weighted by Crippen LogP contribution is -2.40. The van der Waals surface area contributed by atoms with Crippen molar-refractivity contribution in [2.75, 3.05) is 7.05 Å². The van der Waals surface area contributed by atoms with E-state index in [9.17, 15) is 9.18 Å². The van der Waals surface area contributed by atoms with Crippen LogP contribution in [0.4, 0.5) is 4.39 Å². The van der Waals surface area contributed by atoms with Gasteiger partial charge in [0.15, 0.2) is 0 Å². The number of carbonyl (C=O) groups is 1. The summed E-state index contributed by atoms with van der Waals surface area (Å²) in [5.74, 6) is -0.517. The Labute approximate surface area is 99.0 Å². The van der Waals surface area contributed by atoms with Crippen molar-refractivity contribution in [3.8, 4) is 0 Å². The molecule has 3 nitrogen and oxygen atoms in total. The maximum absolute atomic E-state index is 13.4. The second-order valence-corrected chi connectivity index (χ2v) is 3.82. The number of rotatable bonds is 4. The molecule has 88 valence electrons. The smallest absolute Gasteiger partial charge is 0.236 e. The molecule has 1 unspecified atom stereocenters.